The molecule has 0 aliphatic heterocycles. The van der Waals surface area contributed by atoms with Crippen LogP contribution in [-0.4, -0.2) is 23.6 Å². The summed E-state index contributed by atoms with van der Waals surface area (Å²) in [4.78, 5) is 16.3. The van der Waals surface area contributed by atoms with Crippen molar-refractivity contribution in [3.63, 3.8) is 0 Å². The van der Waals surface area contributed by atoms with Crippen LogP contribution in [0.25, 0.3) is 10.1 Å². The molecule has 0 saturated carbocycles. The number of nitrogens with two attached hydrogens (primary N) is 1. The lowest BCUT2D eigenvalue weighted by atomic mass is 10.2. The van der Waals surface area contributed by atoms with Crippen molar-refractivity contribution in [2.45, 2.75) is 25.4 Å². The molecule has 2 aromatic heterocycles. The zero-order valence-corrected chi connectivity index (χ0v) is 11.9. The number of rotatable bonds is 5. The first kappa shape index (κ1) is 15.6. The molecule has 8 heteroatoms. The highest BCUT2D eigenvalue weighted by Crippen LogP contribution is 2.32. The Balaban J connectivity index is 1.89. The summed E-state index contributed by atoms with van der Waals surface area (Å²) in [5.41, 5.74) is 6.28. The van der Waals surface area contributed by atoms with Crippen molar-refractivity contribution in [3.8, 4) is 0 Å². The molecular formula is C13H14F3N3OS. The van der Waals surface area contributed by atoms with Gasteiger partial charge in [0.25, 0.3) is 5.91 Å². The van der Waals surface area contributed by atoms with Gasteiger partial charge in [-0.3, -0.25) is 9.78 Å². The van der Waals surface area contributed by atoms with Crippen molar-refractivity contribution < 1.29 is 18.0 Å². The van der Waals surface area contributed by atoms with Crippen LogP contribution in [0.2, 0.25) is 0 Å². The number of thiophene rings is 1. The normalized spacial score (nSPS) is 11.8. The Morgan fingerprint density at radius 1 is 1.38 bits per heavy atom. The molecule has 2 aromatic rings. The summed E-state index contributed by atoms with van der Waals surface area (Å²) in [6.07, 6.45) is -1.50. The van der Waals surface area contributed by atoms with Gasteiger partial charge >= 0.3 is 6.18 Å². The fourth-order valence-corrected chi connectivity index (χ4v) is 2.88. The van der Waals surface area contributed by atoms with Gasteiger partial charge in [-0.15, -0.1) is 11.3 Å². The predicted molar refractivity (Wildman–Crippen MR) is 76.3 cm³/mol. The quantitative estimate of drug-likeness (QED) is 0.831. The number of hydrogen-bond acceptors (Lipinski definition) is 4. The first-order valence-electron chi connectivity index (χ1n) is 6.35. The average Bonchev–Trinajstić information content (AvgIpc) is 2.75. The number of carbonyl (C=O) groups excluding carboxylic acids is 1. The van der Waals surface area contributed by atoms with Crippen LogP contribution < -0.4 is 11.1 Å². The summed E-state index contributed by atoms with van der Waals surface area (Å²) in [6.45, 7) is 0.195. The predicted octanol–water partition coefficient (Wildman–Crippen LogP) is 3.34. The van der Waals surface area contributed by atoms with Crippen molar-refractivity contribution >= 4 is 33.0 Å². The summed E-state index contributed by atoms with van der Waals surface area (Å²) in [5.74, 6) is -0.360. The molecule has 0 saturated heterocycles. The molecule has 0 fully saturated rings. The maximum Gasteiger partial charge on any atom is 0.389 e. The lowest BCUT2D eigenvalue weighted by Gasteiger charge is -2.06. The van der Waals surface area contributed by atoms with Crippen LogP contribution in [0.4, 0.5) is 18.9 Å². The number of pyridine rings is 1. The Morgan fingerprint density at radius 3 is 2.81 bits per heavy atom. The number of aromatic nitrogens is 1. The number of carbonyl (C=O) groups is 1. The molecule has 0 unspecified atom stereocenters. The van der Waals surface area contributed by atoms with Gasteiger partial charge in [-0.1, -0.05) is 0 Å². The molecule has 0 atom stereocenters. The molecule has 0 aromatic carbocycles. The maximum atomic E-state index is 12.0. The van der Waals surface area contributed by atoms with Gasteiger partial charge in [0.15, 0.2) is 0 Å². The molecule has 2 heterocycles. The van der Waals surface area contributed by atoms with E-state index in [2.05, 4.69) is 10.3 Å². The van der Waals surface area contributed by atoms with Gasteiger partial charge in [0.05, 0.1) is 10.4 Å². The van der Waals surface area contributed by atoms with Crippen molar-refractivity contribution in [2.24, 2.45) is 0 Å². The van der Waals surface area contributed by atoms with Gasteiger partial charge in [-0.05, 0) is 18.9 Å². The summed E-state index contributed by atoms with van der Waals surface area (Å²) in [7, 11) is 0. The Hall–Kier alpha value is -1.83. The number of fused-ring (bicyclic) bond motifs is 1. The number of alkyl halides is 3. The third-order valence-corrected chi connectivity index (χ3v) is 4.06. The summed E-state index contributed by atoms with van der Waals surface area (Å²) in [6, 6.07) is 1.72. The van der Waals surface area contributed by atoms with Crippen LogP contribution in [0.3, 0.4) is 0 Å². The third-order valence-electron chi connectivity index (χ3n) is 2.91. The minimum atomic E-state index is -4.15. The Kier molecular flexibility index (Phi) is 4.66. The summed E-state index contributed by atoms with van der Waals surface area (Å²) in [5, 5.41) is 3.35. The van der Waals surface area contributed by atoms with E-state index in [1.54, 1.807) is 18.5 Å². The minimum Gasteiger partial charge on any atom is -0.397 e. The van der Waals surface area contributed by atoms with E-state index in [1.165, 1.54) is 11.3 Å². The van der Waals surface area contributed by atoms with Gasteiger partial charge in [-0.25, -0.2) is 0 Å². The number of nitrogen functional groups attached to an aromatic ring is 1. The zero-order chi connectivity index (χ0) is 15.5. The van der Waals surface area contributed by atoms with Gasteiger partial charge in [0.2, 0.25) is 0 Å². The molecule has 2 rings (SSSR count). The molecule has 0 bridgehead atoms. The van der Waals surface area contributed by atoms with Crippen LogP contribution >= 0.6 is 11.3 Å². The number of halogens is 3. The minimum absolute atomic E-state index is 0.00437. The van der Waals surface area contributed by atoms with Crippen molar-refractivity contribution in [1.29, 1.82) is 0 Å². The van der Waals surface area contributed by atoms with Crippen molar-refractivity contribution in [1.82, 2.24) is 10.3 Å². The van der Waals surface area contributed by atoms with Gasteiger partial charge in [0, 0.05) is 30.7 Å². The van der Waals surface area contributed by atoms with Gasteiger partial charge in [0.1, 0.15) is 4.88 Å². The largest absolute Gasteiger partial charge is 0.397 e. The number of nitrogens with one attached hydrogen (secondary N) is 1. The molecule has 0 aliphatic rings. The molecule has 114 valence electrons. The molecule has 21 heavy (non-hydrogen) atoms. The number of amides is 1. The first-order chi connectivity index (χ1) is 9.88. The second kappa shape index (κ2) is 6.30. The standard InChI is InChI=1S/C13H14F3N3OS/c14-13(15,16)4-1-2-5-19-12(20)11-10(17)8-3-6-18-7-9(8)21-11/h3,6-7H,1-2,4-5,17H2,(H,19,20). The van der Waals surface area contributed by atoms with Gasteiger partial charge < -0.3 is 11.1 Å². The van der Waals surface area contributed by atoms with E-state index in [4.69, 9.17) is 5.73 Å². The highest BCUT2D eigenvalue weighted by atomic mass is 32.1. The fraction of sp³-hybridized carbons (Fsp3) is 0.385. The zero-order valence-electron chi connectivity index (χ0n) is 11.0. The number of unbranched alkanes of at least 4 members (excludes halogenated alkanes) is 1. The SMILES string of the molecule is Nc1c(C(=O)NCCCCC(F)(F)F)sc2cnccc12. The van der Waals surface area contributed by atoms with Crippen LogP contribution in [0, 0.1) is 0 Å². The second-order valence-corrected chi connectivity index (χ2v) is 5.60. The monoisotopic (exact) mass is 317 g/mol. The number of hydrogen-bond donors (Lipinski definition) is 2. The summed E-state index contributed by atoms with van der Waals surface area (Å²) >= 11 is 1.22. The Labute approximate surface area is 123 Å². The molecule has 0 radical (unpaired) electrons. The number of anilines is 1. The van der Waals surface area contributed by atoms with Gasteiger partial charge in [-0.2, -0.15) is 13.2 Å². The van der Waals surface area contributed by atoms with E-state index in [1.807, 2.05) is 0 Å². The molecule has 0 spiro atoms. The number of nitrogens with zero attached hydrogens (tertiary/aromatic N) is 1. The molecule has 1 amide bonds. The fourth-order valence-electron chi connectivity index (χ4n) is 1.87. The second-order valence-electron chi connectivity index (χ2n) is 4.54. The van der Waals surface area contributed by atoms with Crippen LogP contribution in [0.15, 0.2) is 18.5 Å². The Morgan fingerprint density at radius 2 is 2.14 bits per heavy atom. The van der Waals surface area contributed by atoms with E-state index in [0.717, 1.165) is 10.1 Å². The lowest BCUT2D eigenvalue weighted by molar-refractivity contribution is -0.135. The lowest BCUT2D eigenvalue weighted by Crippen LogP contribution is -2.24. The van der Waals surface area contributed by atoms with E-state index in [0.29, 0.717) is 10.6 Å². The first-order valence-corrected chi connectivity index (χ1v) is 7.17. The highest BCUT2D eigenvalue weighted by molar-refractivity contribution is 7.21. The van der Waals surface area contributed by atoms with Crippen LogP contribution in [0.1, 0.15) is 28.9 Å². The molecular weight excluding hydrogens is 303 g/mol. The van der Waals surface area contributed by atoms with E-state index >= 15 is 0 Å². The third kappa shape index (κ3) is 4.07. The molecule has 3 N–H and O–H groups in total. The van der Waals surface area contributed by atoms with E-state index in [9.17, 15) is 18.0 Å². The van der Waals surface area contributed by atoms with E-state index < -0.39 is 12.6 Å². The Bertz CT molecular complexity index is 639. The van der Waals surface area contributed by atoms with E-state index in [-0.39, 0.29) is 25.3 Å². The maximum absolute atomic E-state index is 12.0. The highest BCUT2D eigenvalue weighted by Gasteiger charge is 2.25. The van der Waals surface area contributed by atoms with Crippen molar-refractivity contribution in [3.05, 3.63) is 23.3 Å². The molecule has 4 nitrogen and oxygen atoms in total. The van der Waals surface area contributed by atoms with Crippen LogP contribution in [0.5, 0.6) is 0 Å². The van der Waals surface area contributed by atoms with Crippen molar-refractivity contribution in [2.75, 3.05) is 12.3 Å². The molecule has 0 aliphatic carbocycles. The average molecular weight is 317 g/mol. The summed E-state index contributed by atoms with van der Waals surface area (Å²) < 4.78 is 36.7. The van der Waals surface area contributed by atoms with Crippen LogP contribution in [-0.2, 0) is 0 Å². The topological polar surface area (TPSA) is 68.0 Å². The smallest absolute Gasteiger partial charge is 0.389 e.